The summed E-state index contributed by atoms with van der Waals surface area (Å²) in [6.45, 7) is 1.70. The normalized spacial score (nSPS) is 21.0. The first kappa shape index (κ1) is 27.2. The number of amides is 1. The number of hydrogen-bond acceptors (Lipinski definition) is 6. The van der Waals surface area contributed by atoms with Crippen LogP contribution in [0.4, 0.5) is 13.2 Å². The molecule has 1 aromatic rings. The van der Waals surface area contributed by atoms with Crippen molar-refractivity contribution in [2.24, 2.45) is 11.7 Å². The van der Waals surface area contributed by atoms with Crippen LogP contribution in [-0.2, 0) is 9.59 Å². The summed E-state index contributed by atoms with van der Waals surface area (Å²) >= 11 is 11.9. The Morgan fingerprint density at radius 1 is 1.29 bits per heavy atom. The van der Waals surface area contributed by atoms with Crippen LogP contribution in [-0.4, -0.2) is 68.7 Å². The number of carbonyl (C=O) groups excluding carboxylic acids is 1. The molecule has 1 amide bonds. The molecule has 0 radical (unpaired) electrons. The summed E-state index contributed by atoms with van der Waals surface area (Å²) in [6, 6.07) is 2.37. The zero-order chi connectivity index (χ0) is 24.1. The van der Waals surface area contributed by atoms with Crippen molar-refractivity contribution in [1.29, 1.82) is 0 Å². The van der Waals surface area contributed by atoms with Gasteiger partial charge < -0.3 is 31.1 Å². The number of benzene rings is 1. The summed E-state index contributed by atoms with van der Waals surface area (Å²) in [6.07, 6.45) is -5.24. The molecule has 2 unspecified atom stereocenters. The van der Waals surface area contributed by atoms with E-state index in [4.69, 9.17) is 43.9 Å². The van der Waals surface area contributed by atoms with E-state index in [1.807, 2.05) is 6.92 Å². The van der Waals surface area contributed by atoms with Gasteiger partial charge in [-0.15, -0.1) is 0 Å². The number of aromatic hydroxyl groups is 1. The summed E-state index contributed by atoms with van der Waals surface area (Å²) in [5.41, 5.74) is 6.83. The minimum absolute atomic E-state index is 0.00115. The molecular weight excluding hydrogens is 468 g/mol. The van der Waals surface area contributed by atoms with E-state index in [0.717, 1.165) is 0 Å². The molecule has 2 rings (SSSR count). The number of piperidine rings is 1. The highest BCUT2D eigenvalue weighted by Gasteiger charge is 2.38. The zero-order valence-electron chi connectivity index (χ0n) is 16.3. The Bertz CT molecular complexity index is 796. The van der Waals surface area contributed by atoms with Crippen molar-refractivity contribution >= 4 is 35.1 Å². The van der Waals surface area contributed by atoms with Crippen LogP contribution < -0.4 is 5.73 Å². The first-order valence-corrected chi connectivity index (χ1v) is 9.79. The van der Waals surface area contributed by atoms with E-state index in [0.29, 0.717) is 30.0 Å². The standard InChI is InChI=1S/C16H22Cl2N2O4.C2HF3O2/c1-8-4-9(2-3-20(8)16(24)14(23)7-21)15(19)10-5-11(17)12(18)6-13(10)22;3-2(4,5)1(6)7/h5-6,8-9,14-15,21-23H,2-4,7,19H2,1H3;(H,6,7)/t8-,9+,14?,15?;/m0./s1. The molecule has 0 aliphatic carbocycles. The maximum Gasteiger partial charge on any atom is 0.490 e. The first-order valence-electron chi connectivity index (χ1n) is 9.03. The van der Waals surface area contributed by atoms with Crippen molar-refractivity contribution in [3.8, 4) is 5.75 Å². The number of aliphatic hydroxyl groups excluding tert-OH is 2. The molecule has 0 bridgehead atoms. The molecule has 1 aromatic carbocycles. The lowest BCUT2D eigenvalue weighted by atomic mass is 9.82. The maximum atomic E-state index is 12.0. The van der Waals surface area contributed by atoms with Gasteiger partial charge in [0.05, 0.1) is 16.7 Å². The van der Waals surface area contributed by atoms with Crippen molar-refractivity contribution in [1.82, 2.24) is 4.90 Å². The number of phenols is 1. The number of hydrogen-bond donors (Lipinski definition) is 5. The van der Waals surface area contributed by atoms with Gasteiger partial charge in [0.25, 0.3) is 5.91 Å². The van der Waals surface area contributed by atoms with Crippen LogP contribution >= 0.6 is 23.2 Å². The fraction of sp³-hybridized carbons (Fsp3) is 0.556. The van der Waals surface area contributed by atoms with Crippen LogP contribution in [0.3, 0.4) is 0 Å². The summed E-state index contributed by atoms with van der Waals surface area (Å²) in [4.78, 5) is 22.5. The number of alkyl halides is 3. The van der Waals surface area contributed by atoms with Gasteiger partial charge in [0.1, 0.15) is 5.75 Å². The van der Waals surface area contributed by atoms with E-state index >= 15 is 0 Å². The number of carboxylic acids is 1. The van der Waals surface area contributed by atoms with Crippen LogP contribution in [0.5, 0.6) is 5.75 Å². The molecule has 0 aromatic heterocycles. The van der Waals surface area contributed by atoms with Crippen molar-refractivity contribution < 1.29 is 43.2 Å². The Balaban J connectivity index is 0.000000592. The number of nitrogens with zero attached hydrogens (tertiary/aromatic N) is 1. The molecule has 0 saturated carbocycles. The highest BCUT2D eigenvalue weighted by Crippen LogP contribution is 2.38. The van der Waals surface area contributed by atoms with E-state index < -0.39 is 36.8 Å². The van der Waals surface area contributed by atoms with Crippen LogP contribution in [0.2, 0.25) is 10.0 Å². The number of carbonyl (C=O) groups is 2. The van der Waals surface area contributed by atoms with Gasteiger partial charge in [0, 0.05) is 30.3 Å². The molecule has 1 aliphatic heterocycles. The number of carboxylic acid groups (broad SMARTS) is 1. The molecule has 8 nitrogen and oxygen atoms in total. The van der Waals surface area contributed by atoms with Gasteiger partial charge in [-0.2, -0.15) is 13.2 Å². The Kier molecular flexibility index (Phi) is 9.83. The van der Waals surface area contributed by atoms with Crippen LogP contribution in [0.15, 0.2) is 12.1 Å². The average molecular weight is 491 g/mol. The van der Waals surface area contributed by atoms with Crippen molar-refractivity contribution in [3.63, 3.8) is 0 Å². The number of phenolic OH excluding ortho intramolecular Hbond substituents is 1. The molecule has 1 saturated heterocycles. The molecule has 1 fully saturated rings. The van der Waals surface area contributed by atoms with Crippen molar-refractivity contribution in [2.45, 2.75) is 44.1 Å². The smallest absolute Gasteiger partial charge is 0.490 e. The highest BCUT2D eigenvalue weighted by atomic mass is 35.5. The third-order valence-electron chi connectivity index (χ3n) is 4.84. The van der Waals surface area contributed by atoms with Gasteiger partial charge in [0.15, 0.2) is 6.10 Å². The maximum absolute atomic E-state index is 12.0. The van der Waals surface area contributed by atoms with E-state index in [-0.39, 0.29) is 22.7 Å². The first-order chi connectivity index (χ1) is 14.2. The predicted octanol–water partition coefficient (Wildman–Crippen LogP) is 2.31. The summed E-state index contributed by atoms with van der Waals surface area (Å²) in [5.74, 6) is -3.20. The molecule has 31 heavy (non-hydrogen) atoms. The second-order valence-electron chi connectivity index (χ2n) is 7.02. The number of halogens is 5. The summed E-state index contributed by atoms with van der Waals surface area (Å²) in [5, 5.41) is 36.2. The SMILES string of the molecule is C[C@H]1C[C@H](C(N)c2cc(Cl)c(Cl)cc2O)CCN1C(=O)C(O)CO.O=C(O)C(F)(F)F. The number of nitrogens with two attached hydrogens (primary N) is 1. The minimum Gasteiger partial charge on any atom is -0.508 e. The lowest BCUT2D eigenvalue weighted by molar-refractivity contribution is -0.192. The Hall–Kier alpha value is -1.79. The van der Waals surface area contributed by atoms with E-state index in [1.165, 1.54) is 6.07 Å². The largest absolute Gasteiger partial charge is 0.508 e. The second-order valence-corrected chi connectivity index (χ2v) is 7.83. The Morgan fingerprint density at radius 3 is 2.26 bits per heavy atom. The molecule has 4 atom stereocenters. The lowest BCUT2D eigenvalue weighted by Gasteiger charge is -2.40. The number of aliphatic carboxylic acids is 1. The monoisotopic (exact) mass is 490 g/mol. The van der Waals surface area contributed by atoms with Crippen LogP contribution in [0, 0.1) is 5.92 Å². The van der Waals surface area contributed by atoms with Crippen LogP contribution in [0.1, 0.15) is 31.4 Å². The number of rotatable bonds is 4. The molecule has 6 N–H and O–H groups in total. The lowest BCUT2D eigenvalue weighted by Crippen LogP contribution is -2.50. The Morgan fingerprint density at radius 2 is 1.81 bits per heavy atom. The molecule has 13 heteroatoms. The third-order valence-corrected chi connectivity index (χ3v) is 5.56. The van der Waals surface area contributed by atoms with Gasteiger partial charge in [-0.05, 0) is 31.7 Å². The predicted molar refractivity (Wildman–Crippen MR) is 106 cm³/mol. The topological polar surface area (TPSA) is 144 Å². The molecule has 0 spiro atoms. The fourth-order valence-corrected chi connectivity index (χ4v) is 3.53. The van der Waals surface area contributed by atoms with Gasteiger partial charge in [-0.1, -0.05) is 23.2 Å². The van der Waals surface area contributed by atoms with Gasteiger partial charge >= 0.3 is 12.1 Å². The minimum atomic E-state index is -5.08. The van der Waals surface area contributed by atoms with Crippen LogP contribution in [0.25, 0.3) is 0 Å². The summed E-state index contributed by atoms with van der Waals surface area (Å²) in [7, 11) is 0. The Labute approximate surface area is 186 Å². The number of aliphatic hydroxyl groups is 2. The van der Waals surface area contributed by atoms with Gasteiger partial charge in [-0.25, -0.2) is 4.79 Å². The van der Waals surface area contributed by atoms with E-state index in [9.17, 15) is 28.2 Å². The molecular formula is C18H23Cl2F3N2O6. The number of likely N-dealkylation sites (tertiary alicyclic amines) is 1. The molecule has 176 valence electrons. The van der Waals surface area contributed by atoms with Crippen molar-refractivity contribution in [2.75, 3.05) is 13.2 Å². The fourth-order valence-electron chi connectivity index (χ4n) is 3.20. The van der Waals surface area contributed by atoms with Crippen molar-refractivity contribution in [3.05, 3.63) is 27.7 Å². The summed E-state index contributed by atoms with van der Waals surface area (Å²) < 4.78 is 31.7. The van der Waals surface area contributed by atoms with Gasteiger partial charge in [-0.3, -0.25) is 4.79 Å². The third kappa shape index (κ3) is 7.39. The van der Waals surface area contributed by atoms with Gasteiger partial charge in [0.2, 0.25) is 0 Å². The van der Waals surface area contributed by atoms with E-state index in [2.05, 4.69) is 0 Å². The van der Waals surface area contributed by atoms with E-state index in [1.54, 1.807) is 11.0 Å². The average Bonchev–Trinajstić information content (AvgIpc) is 2.68. The molecule has 1 aliphatic rings. The molecule has 1 heterocycles. The zero-order valence-corrected chi connectivity index (χ0v) is 17.8. The highest BCUT2D eigenvalue weighted by molar-refractivity contribution is 6.42. The quantitative estimate of drug-likeness (QED) is 0.435. The second kappa shape index (κ2) is 11.2.